The minimum Gasteiger partial charge on any atom is -0.465 e. The van der Waals surface area contributed by atoms with Gasteiger partial charge in [0.25, 0.3) is 0 Å². The van der Waals surface area contributed by atoms with E-state index in [9.17, 15) is 4.79 Å². The molecule has 0 aromatic heterocycles. The van der Waals surface area contributed by atoms with Gasteiger partial charge < -0.3 is 9.47 Å². The van der Waals surface area contributed by atoms with Gasteiger partial charge in [-0.25, -0.2) is 0 Å². The minimum atomic E-state index is -0.0928. The molecule has 78 valence electrons. The van der Waals surface area contributed by atoms with Crippen LogP contribution in [0.15, 0.2) is 0 Å². The maximum absolute atomic E-state index is 11.0. The molecule has 0 unspecified atom stereocenters. The highest BCUT2D eigenvalue weighted by Gasteiger charge is 2.03. The second-order valence-electron chi connectivity index (χ2n) is 3.53. The van der Waals surface area contributed by atoms with Gasteiger partial charge in [0, 0.05) is 20.1 Å². The molecular formula is C10H20O3. The Morgan fingerprint density at radius 1 is 1.31 bits per heavy atom. The molecule has 0 spiro atoms. The van der Waals surface area contributed by atoms with Gasteiger partial charge in [0.2, 0.25) is 0 Å². The summed E-state index contributed by atoms with van der Waals surface area (Å²) in [7, 11) is 1.66. The van der Waals surface area contributed by atoms with Gasteiger partial charge in [-0.1, -0.05) is 13.8 Å². The number of esters is 1. The lowest BCUT2D eigenvalue weighted by Crippen LogP contribution is -2.09. The number of carbonyl (C=O) groups is 1. The van der Waals surface area contributed by atoms with Gasteiger partial charge in [-0.3, -0.25) is 4.79 Å². The molecule has 0 aliphatic rings. The summed E-state index contributed by atoms with van der Waals surface area (Å²) in [6, 6.07) is 0. The van der Waals surface area contributed by atoms with Crippen molar-refractivity contribution in [2.75, 3.05) is 20.3 Å². The third-order valence-corrected chi connectivity index (χ3v) is 1.56. The smallest absolute Gasteiger partial charge is 0.305 e. The largest absolute Gasteiger partial charge is 0.465 e. The van der Waals surface area contributed by atoms with Gasteiger partial charge in [-0.05, 0) is 18.8 Å². The SMILES string of the molecule is COCCCCC(=O)OCC(C)C. The average Bonchev–Trinajstić information content (AvgIpc) is 2.09. The molecule has 0 aromatic rings. The predicted molar refractivity (Wildman–Crippen MR) is 51.5 cm³/mol. The first kappa shape index (κ1) is 12.4. The number of unbranched alkanes of at least 4 members (excludes halogenated alkanes) is 1. The van der Waals surface area contributed by atoms with E-state index in [4.69, 9.17) is 9.47 Å². The van der Waals surface area contributed by atoms with Gasteiger partial charge in [0.15, 0.2) is 0 Å². The molecule has 3 nitrogen and oxygen atoms in total. The quantitative estimate of drug-likeness (QED) is 0.453. The van der Waals surface area contributed by atoms with Crippen LogP contribution in [0.3, 0.4) is 0 Å². The molecule has 0 radical (unpaired) electrons. The van der Waals surface area contributed by atoms with Crippen molar-refractivity contribution in [2.45, 2.75) is 33.1 Å². The van der Waals surface area contributed by atoms with E-state index in [1.807, 2.05) is 13.8 Å². The van der Waals surface area contributed by atoms with Crippen molar-refractivity contribution in [1.82, 2.24) is 0 Å². The van der Waals surface area contributed by atoms with E-state index in [0.717, 1.165) is 19.4 Å². The van der Waals surface area contributed by atoms with Crippen LogP contribution in [0.4, 0.5) is 0 Å². The number of hydrogen-bond donors (Lipinski definition) is 0. The molecule has 0 saturated carbocycles. The fraction of sp³-hybridized carbons (Fsp3) is 0.900. The fourth-order valence-electron chi connectivity index (χ4n) is 0.848. The van der Waals surface area contributed by atoms with E-state index in [2.05, 4.69) is 0 Å². The van der Waals surface area contributed by atoms with Crippen molar-refractivity contribution < 1.29 is 14.3 Å². The normalized spacial score (nSPS) is 10.5. The van der Waals surface area contributed by atoms with Crippen molar-refractivity contribution in [2.24, 2.45) is 5.92 Å². The van der Waals surface area contributed by atoms with E-state index >= 15 is 0 Å². The zero-order chi connectivity index (χ0) is 10.1. The summed E-state index contributed by atoms with van der Waals surface area (Å²) in [6.45, 7) is 5.30. The average molecular weight is 188 g/mol. The van der Waals surface area contributed by atoms with E-state index in [1.165, 1.54) is 0 Å². The molecule has 0 N–H and O–H groups in total. The molecule has 0 aromatic carbocycles. The first-order valence-electron chi connectivity index (χ1n) is 4.81. The molecule has 0 amide bonds. The highest BCUT2D eigenvalue weighted by molar-refractivity contribution is 5.69. The molecular weight excluding hydrogens is 168 g/mol. The van der Waals surface area contributed by atoms with Gasteiger partial charge >= 0.3 is 5.97 Å². The first-order chi connectivity index (χ1) is 6.16. The summed E-state index contributed by atoms with van der Waals surface area (Å²) in [5.74, 6) is 0.327. The summed E-state index contributed by atoms with van der Waals surface area (Å²) in [5.41, 5.74) is 0. The molecule has 0 fully saturated rings. The highest BCUT2D eigenvalue weighted by atomic mass is 16.5. The van der Waals surface area contributed by atoms with E-state index in [1.54, 1.807) is 7.11 Å². The maximum atomic E-state index is 11.0. The Hall–Kier alpha value is -0.570. The van der Waals surface area contributed by atoms with Gasteiger partial charge in [0.05, 0.1) is 6.61 Å². The molecule has 3 heteroatoms. The van der Waals surface area contributed by atoms with Gasteiger partial charge in [-0.15, -0.1) is 0 Å². The topological polar surface area (TPSA) is 35.5 Å². The summed E-state index contributed by atoms with van der Waals surface area (Å²) >= 11 is 0. The third-order valence-electron chi connectivity index (χ3n) is 1.56. The maximum Gasteiger partial charge on any atom is 0.305 e. The molecule has 0 rings (SSSR count). The Labute approximate surface area is 80.4 Å². The number of ether oxygens (including phenoxy) is 2. The summed E-state index contributed by atoms with van der Waals surface area (Å²) in [4.78, 5) is 11.0. The molecule has 0 atom stereocenters. The zero-order valence-corrected chi connectivity index (χ0v) is 8.84. The van der Waals surface area contributed by atoms with Gasteiger partial charge in [0.1, 0.15) is 0 Å². The Morgan fingerprint density at radius 2 is 2.00 bits per heavy atom. The van der Waals surface area contributed by atoms with Crippen LogP contribution in [0.2, 0.25) is 0 Å². The van der Waals surface area contributed by atoms with Crippen molar-refractivity contribution in [3.63, 3.8) is 0 Å². The van der Waals surface area contributed by atoms with Crippen LogP contribution in [0.1, 0.15) is 33.1 Å². The van der Waals surface area contributed by atoms with Gasteiger partial charge in [-0.2, -0.15) is 0 Å². The van der Waals surface area contributed by atoms with Crippen LogP contribution in [0.25, 0.3) is 0 Å². The monoisotopic (exact) mass is 188 g/mol. The van der Waals surface area contributed by atoms with E-state index < -0.39 is 0 Å². The lowest BCUT2D eigenvalue weighted by molar-refractivity contribution is -0.144. The Balaban J connectivity index is 3.20. The van der Waals surface area contributed by atoms with E-state index in [0.29, 0.717) is 18.9 Å². The summed E-state index contributed by atoms with van der Waals surface area (Å²) in [5, 5.41) is 0. The molecule has 0 heterocycles. The van der Waals surface area contributed by atoms with Crippen LogP contribution in [0.5, 0.6) is 0 Å². The van der Waals surface area contributed by atoms with Crippen LogP contribution < -0.4 is 0 Å². The van der Waals surface area contributed by atoms with Crippen molar-refractivity contribution in [1.29, 1.82) is 0 Å². The first-order valence-corrected chi connectivity index (χ1v) is 4.81. The number of hydrogen-bond acceptors (Lipinski definition) is 3. The lowest BCUT2D eigenvalue weighted by atomic mass is 10.2. The number of rotatable bonds is 7. The van der Waals surface area contributed by atoms with E-state index in [-0.39, 0.29) is 5.97 Å². The summed E-state index contributed by atoms with van der Waals surface area (Å²) < 4.78 is 9.87. The van der Waals surface area contributed by atoms with Crippen LogP contribution in [0, 0.1) is 5.92 Å². The molecule has 0 bridgehead atoms. The minimum absolute atomic E-state index is 0.0928. The third kappa shape index (κ3) is 9.34. The van der Waals surface area contributed by atoms with Crippen LogP contribution >= 0.6 is 0 Å². The molecule has 0 saturated heterocycles. The standard InChI is InChI=1S/C10H20O3/c1-9(2)8-13-10(11)6-4-5-7-12-3/h9H,4-8H2,1-3H3. The van der Waals surface area contributed by atoms with Crippen molar-refractivity contribution in [3.8, 4) is 0 Å². The molecule has 13 heavy (non-hydrogen) atoms. The Kier molecular flexibility index (Phi) is 7.69. The number of methoxy groups -OCH3 is 1. The fourth-order valence-corrected chi connectivity index (χ4v) is 0.848. The zero-order valence-electron chi connectivity index (χ0n) is 8.84. The Morgan fingerprint density at radius 3 is 2.54 bits per heavy atom. The molecule has 0 aliphatic heterocycles. The highest BCUT2D eigenvalue weighted by Crippen LogP contribution is 2.00. The predicted octanol–water partition coefficient (Wildman–Crippen LogP) is 2.00. The Bertz CT molecular complexity index is 132. The molecule has 0 aliphatic carbocycles. The van der Waals surface area contributed by atoms with Crippen LogP contribution in [-0.2, 0) is 14.3 Å². The second-order valence-corrected chi connectivity index (χ2v) is 3.53. The number of carbonyl (C=O) groups excluding carboxylic acids is 1. The second kappa shape index (κ2) is 8.05. The van der Waals surface area contributed by atoms with Crippen molar-refractivity contribution in [3.05, 3.63) is 0 Å². The van der Waals surface area contributed by atoms with Crippen LogP contribution in [-0.4, -0.2) is 26.3 Å². The lowest BCUT2D eigenvalue weighted by Gasteiger charge is -2.06. The summed E-state index contributed by atoms with van der Waals surface area (Å²) in [6.07, 6.45) is 2.29. The van der Waals surface area contributed by atoms with Crippen molar-refractivity contribution >= 4 is 5.97 Å².